The van der Waals surface area contributed by atoms with Crippen molar-refractivity contribution in [3.8, 4) is 5.82 Å². The number of aliphatic hydroxyl groups excluding tert-OH is 1. The largest absolute Gasteiger partial charge is 0.456 e. The van der Waals surface area contributed by atoms with Gasteiger partial charge in [-0.25, -0.2) is 9.78 Å². The quantitative estimate of drug-likeness (QED) is 0.606. The number of cyclic esters (lactones) is 1. The van der Waals surface area contributed by atoms with Crippen LogP contribution in [0.2, 0.25) is 0 Å². The van der Waals surface area contributed by atoms with Gasteiger partial charge in [0.1, 0.15) is 12.9 Å². The van der Waals surface area contributed by atoms with E-state index in [0.29, 0.717) is 24.4 Å². The summed E-state index contributed by atoms with van der Waals surface area (Å²) >= 11 is 0. The van der Waals surface area contributed by atoms with E-state index >= 15 is 0 Å². The summed E-state index contributed by atoms with van der Waals surface area (Å²) in [4.78, 5) is 33.5. The minimum absolute atomic E-state index is 0.0351. The normalized spacial score (nSPS) is 21.8. The molecule has 0 unspecified atom stereocenters. The first-order valence-corrected chi connectivity index (χ1v) is 11.2. The van der Waals surface area contributed by atoms with Crippen molar-refractivity contribution in [3.05, 3.63) is 41.5 Å². The van der Waals surface area contributed by atoms with Crippen LogP contribution in [0.25, 0.3) is 5.82 Å². The highest BCUT2D eigenvalue weighted by Crippen LogP contribution is 2.44. The molecule has 2 aromatic rings. The number of piperidine rings is 1. The summed E-state index contributed by atoms with van der Waals surface area (Å²) < 4.78 is 6.59. The molecular formula is C22H27N7O4. The highest BCUT2D eigenvalue weighted by Gasteiger charge is 2.50. The number of pyridine rings is 1. The average Bonchev–Trinajstić information content (AvgIpc) is 3.56. The molecule has 2 saturated heterocycles. The van der Waals surface area contributed by atoms with E-state index in [1.807, 2.05) is 12.1 Å². The summed E-state index contributed by atoms with van der Waals surface area (Å²) in [5.74, 6) is 0.408. The Morgan fingerprint density at radius 1 is 1.18 bits per heavy atom. The predicted molar refractivity (Wildman–Crippen MR) is 115 cm³/mol. The molecule has 0 bridgehead atoms. The number of aromatic nitrogens is 5. The second-order valence-electron chi connectivity index (χ2n) is 8.99. The van der Waals surface area contributed by atoms with Crippen LogP contribution in [0.5, 0.6) is 0 Å². The molecule has 0 aromatic carbocycles. The molecule has 11 heteroatoms. The van der Waals surface area contributed by atoms with E-state index in [-0.39, 0.29) is 36.5 Å². The van der Waals surface area contributed by atoms with Crippen LogP contribution in [-0.2, 0) is 20.7 Å². The maximum absolute atomic E-state index is 13.3. The van der Waals surface area contributed by atoms with Crippen LogP contribution in [0.1, 0.15) is 31.7 Å². The number of nitrogens with zero attached hydrogens (tertiary/aromatic N) is 7. The van der Waals surface area contributed by atoms with Crippen molar-refractivity contribution < 1.29 is 19.4 Å². The minimum Gasteiger partial charge on any atom is -0.456 e. The van der Waals surface area contributed by atoms with Crippen LogP contribution in [0.3, 0.4) is 0 Å². The smallest absolute Gasteiger partial charge is 0.336 e. The number of carbonyl (C=O) groups is 2. The zero-order valence-electron chi connectivity index (χ0n) is 18.6. The Kier molecular flexibility index (Phi) is 5.67. The number of aliphatic hydroxyl groups is 1. The maximum Gasteiger partial charge on any atom is 0.336 e. The van der Waals surface area contributed by atoms with Crippen LogP contribution in [0.4, 0.5) is 0 Å². The molecule has 2 fully saturated rings. The Balaban J connectivity index is 1.21. The van der Waals surface area contributed by atoms with Crippen LogP contribution >= 0.6 is 0 Å². The molecule has 1 spiro atoms. The van der Waals surface area contributed by atoms with E-state index in [4.69, 9.17) is 4.74 Å². The Morgan fingerprint density at radius 2 is 1.97 bits per heavy atom. The lowest BCUT2D eigenvalue weighted by molar-refractivity contribution is -0.139. The van der Waals surface area contributed by atoms with E-state index in [1.54, 1.807) is 18.0 Å². The molecule has 174 valence electrons. The van der Waals surface area contributed by atoms with Crippen molar-refractivity contribution in [1.29, 1.82) is 0 Å². The fourth-order valence-corrected chi connectivity index (χ4v) is 5.13. The first-order valence-electron chi connectivity index (χ1n) is 11.2. The number of hydrogen-bond donors (Lipinski definition) is 1. The Hall–Kier alpha value is -3.18. The Labute approximate surface area is 191 Å². The highest BCUT2D eigenvalue weighted by atomic mass is 16.5. The molecular weight excluding hydrogens is 426 g/mol. The Bertz CT molecular complexity index is 1060. The van der Waals surface area contributed by atoms with Crippen molar-refractivity contribution in [2.24, 2.45) is 5.41 Å². The molecule has 2 aromatic heterocycles. The average molecular weight is 454 g/mol. The van der Waals surface area contributed by atoms with Gasteiger partial charge >= 0.3 is 5.97 Å². The lowest BCUT2D eigenvalue weighted by Crippen LogP contribution is -2.49. The van der Waals surface area contributed by atoms with Gasteiger partial charge in [-0.3, -0.25) is 9.69 Å². The van der Waals surface area contributed by atoms with Gasteiger partial charge in [-0.1, -0.05) is 6.07 Å². The lowest BCUT2D eigenvalue weighted by Gasteiger charge is -2.41. The van der Waals surface area contributed by atoms with Crippen molar-refractivity contribution in [2.75, 3.05) is 32.8 Å². The number of hydrogen-bond acceptors (Lipinski definition) is 9. The predicted octanol–water partition coefficient (Wildman–Crippen LogP) is 0.106. The molecule has 5 rings (SSSR count). The molecule has 0 radical (unpaired) electrons. The summed E-state index contributed by atoms with van der Waals surface area (Å²) in [5.41, 5.74) is 1.89. The van der Waals surface area contributed by atoms with Crippen molar-refractivity contribution in [3.63, 3.8) is 0 Å². The highest BCUT2D eigenvalue weighted by molar-refractivity contribution is 5.94. The molecule has 1 N–H and O–H groups in total. The van der Waals surface area contributed by atoms with E-state index in [0.717, 1.165) is 43.6 Å². The van der Waals surface area contributed by atoms with Gasteiger partial charge in [-0.05, 0) is 67.8 Å². The SMILES string of the molecule is CC1=C(N2CCC3(CCN([C@H](CO)Cc4ccc(-n5cnnn5)nc4)CC3)C2=O)COC1=O. The van der Waals surface area contributed by atoms with Gasteiger partial charge in [0.25, 0.3) is 0 Å². The van der Waals surface area contributed by atoms with E-state index in [9.17, 15) is 14.7 Å². The van der Waals surface area contributed by atoms with Crippen molar-refractivity contribution >= 4 is 11.9 Å². The van der Waals surface area contributed by atoms with Gasteiger partial charge in [0, 0.05) is 18.8 Å². The molecule has 1 atom stereocenters. The maximum atomic E-state index is 13.3. The van der Waals surface area contributed by atoms with Gasteiger partial charge < -0.3 is 14.7 Å². The van der Waals surface area contributed by atoms with Crippen molar-refractivity contribution in [1.82, 2.24) is 35.0 Å². The third-order valence-corrected chi connectivity index (χ3v) is 7.26. The van der Waals surface area contributed by atoms with Gasteiger partial charge in [0.15, 0.2) is 5.82 Å². The minimum atomic E-state index is -0.384. The summed E-state index contributed by atoms with van der Waals surface area (Å²) in [5, 5.41) is 21.1. The summed E-state index contributed by atoms with van der Waals surface area (Å²) in [6, 6.07) is 3.78. The van der Waals surface area contributed by atoms with Gasteiger partial charge in [0.2, 0.25) is 5.91 Å². The van der Waals surface area contributed by atoms with Crippen LogP contribution in [-0.4, -0.2) is 90.9 Å². The van der Waals surface area contributed by atoms with E-state index in [1.165, 1.54) is 11.0 Å². The molecule has 5 heterocycles. The molecule has 33 heavy (non-hydrogen) atoms. The second kappa shape index (κ2) is 8.64. The zero-order valence-corrected chi connectivity index (χ0v) is 18.6. The van der Waals surface area contributed by atoms with Crippen LogP contribution < -0.4 is 0 Å². The Morgan fingerprint density at radius 3 is 2.58 bits per heavy atom. The summed E-state index contributed by atoms with van der Waals surface area (Å²) in [7, 11) is 0. The lowest BCUT2D eigenvalue weighted by atomic mass is 9.76. The summed E-state index contributed by atoms with van der Waals surface area (Å²) in [6.07, 6.45) is 6.22. The first-order chi connectivity index (χ1) is 16.0. The van der Waals surface area contributed by atoms with Crippen LogP contribution in [0.15, 0.2) is 35.9 Å². The topological polar surface area (TPSA) is 127 Å². The van der Waals surface area contributed by atoms with Crippen molar-refractivity contribution in [2.45, 2.75) is 38.6 Å². The van der Waals surface area contributed by atoms with E-state index < -0.39 is 0 Å². The monoisotopic (exact) mass is 453 g/mol. The molecule has 3 aliphatic heterocycles. The first kappa shape index (κ1) is 21.7. The van der Waals surface area contributed by atoms with Crippen LogP contribution in [0, 0.1) is 5.41 Å². The number of amides is 1. The molecule has 3 aliphatic rings. The fourth-order valence-electron chi connectivity index (χ4n) is 5.13. The number of esters is 1. The van der Waals surface area contributed by atoms with Gasteiger partial charge in [0.05, 0.1) is 23.3 Å². The zero-order chi connectivity index (χ0) is 23.0. The molecule has 0 saturated carbocycles. The van der Waals surface area contributed by atoms with E-state index in [2.05, 4.69) is 25.4 Å². The fraction of sp³-hybridized carbons (Fsp3) is 0.545. The second-order valence-corrected chi connectivity index (χ2v) is 8.99. The number of rotatable bonds is 6. The standard InChI is InChI=1S/C22H27N7O4/c1-15-18(13-33-20(15)31)28-9-6-22(21(28)32)4-7-27(8-5-22)17(12-30)10-16-2-3-19(23-11-16)29-14-24-25-26-29/h2-3,11,14,17,30H,4-10,12-13H2,1H3/t17-/m0/s1. The third kappa shape index (κ3) is 3.91. The number of ether oxygens (including phenoxy) is 1. The number of likely N-dealkylation sites (tertiary alicyclic amines) is 2. The molecule has 11 nitrogen and oxygen atoms in total. The van der Waals surface area contributed by atoms with Gasteiger partial charge in [-0.2, -0.15) is 4.68 Å². The molecule has 1 amide bonds. The van der Waals surface area contributed by atoms with Gasteiger partial charge in [-0.15, -0.1) is 5.10 Å². The number of tetrazole rings is 1. The summed E-state index contributed by atoms with van der Waals surface area (Å²) in [6.45, 7) is 4.06. The molecule has 0 aliphatic carbocycles. The third-order valence-electron chi connectivity index (χ3n) is 7.26. The number of carbonyl (C=O) groups excluding carboxylic acids is 2.